The number of rotatable bonds is 6. The van der Waals surface area contributed by atoms with E-state index >= 15 is 4.39 Å². The maximum Gasteiger partial charge on any atom is 0.343 e. The highest BCUT2D eigenvalue weighted by Gasteiger charge is 2.49. The lowest BCUT2D eigenvalue weighted by Crippen LogP contribution is -2.44. The van der Waals surface area contributed by atoms with Crippen LogP contribution in [0.3, 0.4) is 0 Å². The average Bonchev–Trinajstić information content (AvgIpc) is 2.77. The molecule has 1 aliphatic rings. The van der Waals surface area contributed by atoms with Gasteiger partial charge in [-0.1, -0.05) is 43.0 Å². The molecule has 1 aliphatic heterocycles. The highest BCUT2D eigenvalue weighted by molar-refractivity contribution is 5.90. The molecule has 1 heterocycles. The van der Waals surface area contributed by atoms with Crippen LogP contribution in [0.25, 0.3) is 0 Å². The number of hydrogen-bond donors (Lipinski definition) is 0. The summed E-state index contributed by atoms with van der Waals surface area (Å²) in [7, 11) is 0. The van der Waals surface area contributed by atoms with Crippen molar-refractivity contribution in [3.63, 3.8) is 0 Å². The highest BCUT2D eigenvalue weighted by Crippen LogP contribution is 2.38. The molecule has 0 aromatic heterocycles. The van der Waals surface area contributed by atoms with Crippen molar-refractivity contribution < 1.29 is 32.6 Å². The smallest absolute Gasteiger partial charge is 0.343 e. The van der Waals surface area contributed by atoms with E-state index < -0.39 is 42.8 Å². The van der Waals surface area contributed by atoms with Crippen molar-refractivity contribution >= 4 is 11.9 Å². The van der Waals surface area contributed by atoms with E-state index in [4.69, 9.17) is 14.2 Å². The summed E-state index contributed by atoms with van der Waals surface area (Å²) in [5.41, 5.74) is -2.41. The lowest BCUT2D eigenvalue weighted by atomic mass is 9.94. The number of carbonyl (C=O) groups excluding carboxylic acids is 2. The van der Waals surface area contributed by atoms with Crippen LogP contribution in [0.15, 0.2) is 84.8 Å². The Morgan fingerprint density at radius 3 is 2.17 bits per heavy atom. The van der Waals surface area contributed by atoms with Crippen molar-refractivity contribution in [2.24, 2.45) is 0 Å². The number of allylic oxidation sites excluding steroid dienone is 1. The molecule has 0 spiro atoms. The van der Waals surface area contributed by atoms with E-state index in [0.29, 0.717) is 6.08 Å². The van der Waals surface area contributed by atoms with Gasteiger partial charge in [0, 0.05) is 0 Å². The zero-order valence-corrected chi connectivity index (χ0v) is 15.3. The van der Waals surface area contributed by atoms with Gasteiger partial charge in [-0.2, -0.15) is 0 Å². The summed E-state index contributed by atoms with van der Waals surface area (Å²) in [5, 5.41) is 0. The predicted molar refractivity (Wildman–Crippen MR) is 100 cm³/mol. The normalized spacial score (nSPS) is 21.1. The molecule has 2 atom stereocenters. The van der Waals surface area contributed by atoms with Gasteiger partial charge in [-0.25, -0.2) is 18.4 Å². The lowest BCUT2D eigenvalue weighted by Gasteiger charge is -2.33. The number of benzene rings is 2. The van der Waals surface area contributed by atoms with Crippen LogP contribution in [-0.4, -0.2) is 37.0 Å². The molecule has 150 valence electrons. The zero-order chi connectivity index (χ0) is 20.9. The van der Waals surface area contributed by atoms with E-state index in [-0.39, 0.29) is 16.9 Å². The molecule has 2 aromatic carbocycles. The number of ether oxygens (including phenoxy) is 3. The first kappa shape index (κ1) is 20.3. The van der Waals surface area contributed by atoms with Crippen LogP contribution in [0.4, 0.5) is 8.78 Å². The fourth-order valence-electron chi connectivity index (χ4n) is 2.69. The topological polar surface area (TPSA) is 61.8 Å². The number of carbonyl (C=O) groups is 2. The third-order valence-corrected chi connectivity index (χ3v) is 4.31. The second-order valence-corrected chi connectivity index (χ2v) is 6.20. The van der Waals surface area contributed by atoms with E-state index in [1.807, 2.05) is 0 Å². The van der Waals surface area contributed by atoms with Gasteiger partial charge in [0.25, 0.3) is 0 Å². The quantitative estimate of drug-likeness (QED) is 0.538. The van der Waals surface area contributed by atoms with Crippen molar-refractivity contribution in [1.82, 2.24) is 0 Å². The molecule has 3 rings (SSSR count). The first-order valence-corrected chi connectivity index (χ1v) is 8.78. The van der Waals surface area contributed by atoms with Crippen LogP contribution in [-0.2, 0) is 14.2 Å². The Morgan fingerprint density at radius 2 is 1.62 bits per heavy atom. The number of alkyl halides is 2. The van der Waals surface area contributed by atoms with Crippen molar-refractivity contribution in [1.29, 1.82) is 0 Å². The maximum absolute atomic E-state index is 15.3. The summed E-state index contributed by atoms with van der Waals surface area (Å²) >= 11 is 0. The summed E-state index contributed by atoms with van der Waals surface area (Å²) in [6.07, 6.45) is -1.44. The monoisotopic (exact) mass is 400 g/mol. The van der Waals surface area contributed by atoms with Gasteiger partial charge in [0.05, 0.1) is 11.1 Å². The molecule has 0 amide bonds. The van der Waals surface area contributed by atoms with Gasteiger partial charge in [-0.3, -0.25) is 0 Å². The highest BCUT2D eigenvalue weighted by atomic mass is 19.2. The maximum atomic E-state index is 15.3. The summed E-state index contributed by atoms with van der Waals surface area (Å²) in [4.78, 5) is 24.5. The molecule has 29 heavy (non-hydrogen) atoms. The number of halogens is 2. The fraction of sp³-hybridized carbons (Fsp3) is 0.182. The molecular weight excluding hydrogens is 382 g/mol. The van der Waals surface area contributed by atoms with Gasteiger partial charge in [0.1, 0.15) is 6.61 Å². The fourth-order valence-corrected chi connectivity index (χ4v) is 2.69. The summed E-state index contributed by atoms with van der Waals surface area (Å²) in [6.45, 7) is 2.12. The van der Waals surface area contributed by atoms with Gasteiger partial charge >= 0.3 is 11.9 Å². The van der Waals surface area contributed by atoms with Crippen LogP contribution in [0.1, 0.15) is 20.7 Å². The first-order chi connectivity index (χ1) is 14.0. The molecule has 2 unspecified atom stereocenters. The van der Waals surface area contributed by atoms with E-state index in [0.717, 1.165) is 0 Å². The second-order valence-electron chi connectivity index (χ2n) is 6.20. The van der Waals surface area contributed by atoms with Crippen molar-refractivity contribution in [2.45, 2.75) is 11.8 Å². The minimum absolute atomic E-state index is 0.132. The summed E-state index contributed by atoms with van der Waals surface area (Å²) < 4.78 is 45.0. The predicted octanol–water partition coefficient (Wildman–Crippen LogP) is 4.17. The van der Waals surface area contributed by atoms with Crippen LogP contribution in [0.2, 0.25) is 0 Å². The molecule has 0 aliphatic carbocycles. The van der Waals surface area contributed by atoms with Crippen molar-refractivity contribution in [3.8, 4) is 0 Å². The zero-order valence-electron chi connectivity index (χ0n) is 15.3. The Kier molecular flexibility index (Phi) is 6.07. The van der Waals surface area contributed by atoms with Gasteiger partial charge in [-0.15, -0.1) is 0 Å². The molecule has 0 saturated carbocycles. The Labute approximate surface area is 166 Å². The summed E-state index contributed by atoms with van der Waals surface area (Å²) in [5.74, 6) is -2.62. The Morgan fingerprint density at radius 1 is 1.07 bits per heavy atom. The molecule has 0 radical (unpaired) electrons. The molecule has 0 saturated heterocycles. The third kappa shape index (κ3) is 4.34. The van der Waals surface area contributed by atoms with Crippen molar-refractivity contribution in [2.75, 3.05) is 13.2 Å². The Bertz CT molecular complexity index is 927. The van der Waals surface area contributed by atoms with Gasteiger partial charge in [0.2, 0.25) is 5.67 Å². The molecule has 2 aromatic rings. The largest absolute Gasteiger partial charge is 0.487 e. The van der Waals surface area contributed by atoms with E-state index in [2.05, 4.69) is 6.58 Å². The van der Waals surface area contributed by atoms with Crippen LogP contribution >= 0.6 is 0 Å². The minimum atomic E-state index is -2.81. The molecule has 0 N–H and O–H groups in total. The molecular formula is C22H18F2O5. The van der Waals surface area contributed by atoms with Crippen LogP contribution < -0.4 is 0 Å². The second kappa shape index (κ2) is 8.68. The van der Waals surface area contributed by atoms with Crippen LogP contribution in [0, 0.1) is 0 Å². The van der Waals surface area contributed by atoms with E-state index in [1.54, 1.807) is 36.4 Å². The molecule has 7 heteroatoms. The van der Waals surface area contributed by atoms with Gasteiger partial charge in [0.15, 0.2) is 24.3 Å². The van der Waals surface area contributed by atoms with Gasteiger partial charge in [-0.05, 0) is 30.3 Å². The summed E-state index contributed by atoms with van der Waals surface area (Å²) in [6, 6.07) is 15.9. The molecule has 5 nitrogen and oxygen atoms in total. The lowest BCUT2D eigenvalue weighted by molar-refractivity contribution is -0.0292. The van der Waals surface area contributed by atoms with E-state index in [9.17, 15) is 14.0 Å². The SMILES string of the molecule is C=CC1(F)C(OC(=O)c2ccccc2)=C(COC(=O)c2ccccc2)OCC1F. The average molecular weight is 400 g/mol. The van der Waals surface area contributed by atoms with Crippen LogP contribution in [0.5, 0.6) is 0 Å². The Balaban J connectivity index is 1.87. The molecule has 0 bridgehead atoms. The standard InChI is InChI=1S/C22H18F2O5/c1-2-22(24)18(23)14-27-17(13-28-20(25)15-9-5-3-6-10-15)19(22)29-21(26)16-11-7-4-8-12-16/h2-12,18H,1,13-14H2. The number of esters is 2. The molecule has 0 fully saturated rings. The Hall–Kier alpha value is -3.48. The number of hydrogen-bond acceptors (Lipinski definition) is 5. The van der Waals surface area contributed by atoms with Crippen molar-refractivity contribution in [3.05, 3.63) is 96.0 Å². The van der Waals surface area contributed by atoms with Gasteiger partial charge < -0.3 is 14.2 Å². The third-order valence-electron chi connectivity index (χ3n) is 4.31. The minimum Gasteiger partial charge on any atom is -0.487 e. The van der Waals surface area contributed by atoms with E-state index in [1.165, 1.54) is 24.3 Å². The first-order valence-electron chi connectivity index (χ1n) is 8.78.